The van der Waals surface area contributed by atoms with Crippen molar-refractivity contribution in [3.63, 3.8) is 0 Å². The van der Waals surface area contributed by atoms with E-state index < -0.39 is 48.1 Å². The van der Waals surface area contributed by atoms with Crippen molar-refractivity contribution in [3.05, 3.63) is 72.3 Å². The van der Waals surface area contributed by atoms with Crippen LogP contribution in [0.2, 0.25) is 0 Å². The number of aliphatic hydroxyl groups is 1. The highest BCUT2D eigenvalue weighted by molar-refractivity contribution is 5.95. The standard InChI is InChI=1S/C37H47FN10O7/c1-22(2)34-24(17-32(51)41-13-15-47-20-27(45-46-47)35-42-12-10-30(39)44-35)8-9-31(50)40-11-4-6-23(3)16-26(49)18-25(38)19-33-43-28(21-54-33)36(52)48-14-5-7-29(48)37(53)55-34/h4,6,8-10,12,16,20-22,24-26,29,34,49H,5,7,11,13-15,17-19H2,1-3H3,(H,40,50)(H,41,51)(H2,39,42,44)/b6-4?,9-8+,23-16?/t24-,25+,26+,29+,34+/m0/s1. The molecule has 18 heteroatoms. The number of oxazole rings is 1. The summed E-state index contributed by atoms with van der Waals surface area (Å²) < 4.78 is 27.8. The lowest BCUT2D eigenvalue weighted by atomic mass is 9.89. The molecule has 3 amide bonds. The van der Waals surface area contributed by atoms with Gasteiger partial charge in [0.05, 0.1) is 25.3 Å². The molecule has 0 radical (unpaired) electrons. The number of rotatable bonds is 7. The first-order chi connectivity index (χ1) is 26.4. The Hall–Kier alpha value is -5.78. The topological polar surface area (TPSA) is 234 Å². The number of allylic oxidation sites excluding steroid dienone is 2. The van der Waals surface area contributed by atoms with Crippen molar-refractivity contribution in [2.24, 2.45) is 11.8 Å². The Morgan fingerprint density at radius 2 is 2.02 bits per heavy atom. The summed E-state index contributed by atoms with van der Waals surface area (Å²) in [6.07, 6.45) is 8.76. The molecule has 3 aromatic rings. The highest BCUT2D eigenvalue weighted by Crippen LogP contribution is 2.27. The molecule has 5 heterocycles. The fourth-order valence-electron chi connectivity index (χ4n) is 6.37. The van der Waals surface area contributed by atoms with E-state index in [9.17, 15) is 28.7 Å². The number of aliphatic hydroxyl groups excluding tert-OH is 1. The predicted molar refractivity (Wildman–Crippen MR) is 196 cm³/mol. The van der Waals surface area contributed by atoms with E-state index in [-0.39, 0.29) is 74.7 Å². The number of nitrogen functional groups attached to an aromatic ring is 1. The highest BCUT2D eigenvalue weighted by atomic mass is 19.1. The number of anilines is 1. The van der Waals surface area contributed by atoms with Crippen LogP contribution in [0.1, 0.15) is 62.8 Å². The Morgan fingerprint density at radius 1 is 1.20 bits per heavy atom. The SMILES string of the molecule is CC1=C[C@@H](O)C[C@@H](F)Cc2nc(co2)C(=O)N2CCC[C@@H]2C(=O)O[C@H](C(C)C)[C@H](CC(=O)NCCn2cc(-c3nccc(N)n3)nn2)/C=C/C(=O)NCC=C1. The number of halogens is 1. The second kappa shape index (κ2) is 19.0. The van der Waals surface area contributed by atoms with Crippen molar-refractivity contribution in [2.75, 3.05) is 25.4 Å². The van der Waals surface area contributed by atoms with Crippen LogP contribution in [0, 0.1) is 11.8 Å². The van der Waals surface area contributed by atoms with Crippen molar-refractivity contribution in [1.29, 1.82) is 0 Å². The summed E-state index contributed by atoms with van der Waals surface area (Å²) in [5, 5.41) is 24.1. The molecule has 5 N–H and O–H groups in total. The number of amides is 3. The van der Waals surface area contributed by atoms with Crippen molar-refractivity contribution >= 4 is 29.5 Å². The molecule has 55 heavy (non-hydrogen) atoms. The van der Waals surface area contributed by atoms with Gasteiger partial charge in [0.1, 0.15) is 36.1 Å². The van der Waals surface area contributed by atoms with Gasteiger partial charge in [-0.15, -0.1) is 5.10 Å². The summed E-state index contributed by atoms with van der Waals surface area (Å²) in [6.45, 7) is 6.28. The van der Waals surface area contributed by atoms with Gasteiger partial charge in [-0.2, -0.15) is 0 Å². The molecular formula is C37H47FN10O7. The van der Waals surface area contributed by atoms with Gasteiger partial charge in [-0.25, -0.2) is 24.1 Å². The Labute approximate surface area is 317 Å². The van der Waals surface area contributed by atoms with Gasteiger partial charge in [-0.05, 0) is 37.8 Å². The van der Waals surface area contributed by atoms with Crippen molar-refractivity contribution in [2.45, 2.75) is 83.8 Å². The fourth-order valence-corrected chi connectivity index (χ4v) is 6.37. The second-order valence-corrected chi connectivity index (χ2v) is 13.8. The number of carbonyl (C=O) groups excluding carboxylic acids is 4. The quantitative estimate of drug-likeness (QED) is 0.253. The first-order valence-corrected chi connectivity index (χ1v) is 18.2. The number of nitrogens with two attached hydrogens (primary N) is 1. The number of aromatic nitrogens is 6. The van der Waals surface area contributed by atoms with Gasteiger partial charge in [0.25, 0.3) is 5.91 Å². The van der Waals surface area contributed by atoms with Crippen LogP contribution in [0.3, 0.4) is 0 Å². The summed E-state index contributed by atoms with van der Waals surface area (Å²) in [6, 6.07) is 0.620. The number of fused-ring (bicyclic) bond motifs is 3. The fraction of sp³-hybridized carbons (Fsp3) is 0.486. The van der Waals surface area contributed by atoms with Gasteiger partial charge in [0.2, 0.25) is 11.8 Å². The molecule has 5 rings (SSSR count). The minimum atomic E-state index is -1.51. The molecule has 0 unspecified atom stereocenters. The smallest absolute Gasteiger partial charge is 0.329 e. The van der Waals surface area contributed by atoms with Crippen LogP contribution in [0.25, 0.3) is 11.5 Å². The average molecular weight is 763 g/mol. The van der Waals surface area contributed by atoms with E-state index >= 15 is 0 Å². The number of carbonyl (C=O) groups is 4. The molecule has 0 aromatic carbocycles. The van der Waals surface area contributed by atoms with Crippen LogP contribution in [0.15, 0.2) is 65.1 Å². The van der Waals surface area contributed by atoms with Crippen LogP contribution in [-0.4, -0.2) is 108 Å². The number of nitrogens with one attached hydrogen (secondary N) is 2. The highest BCUT2D eigenvalue weighted by Gasteiger charge is 2.39. The van der Waals surface area contributed by atoms with Crippen molar-refractivity contribution in [3.8, 4) is 11.5 Å². The lowest BCUT2D eigenvalue weighted by molar-refractivity contribution is -0.159. The predicted octanol–water partition coefficient (Wildman–Crippen LogP) is 2.12. The zero-order chi connectivity index (χ0) is 39.5. The Morgan fingerprint density at radius 3 is 2.80 bits per heavy atom. The lowest BCUT2D eigenvalue weighted by Crippen LogP contribution is -2.44. The summed E-state index contributed by atoms with van der Waals surface area (Å²) in [5.74, 6) is -2.47. The number of nitrogens with zero attached hydrogens (tertiary/aromatic N) is 7. The minimum Gasteiger partial charge on any atom is -0.460 e. The van der Waals surface area contributed by atoms with Crippen LogP contribution in [-0.2, 0) is 32.1 Å². The van der Waals surface area contributed by atoms with E-state index in [1.54, 1.807) is 37.4 Å². The molecule has 5 atom stereocenters. The average Bonchev–Trinajstić information content (AvgIpc) is 3.92. The number of alkyl halides is 1. The van der Waals surface area contributed by atoms with Crippen molar-refractivity contribution < 1.29 is 37.8 Å². The maximum absolute atomic E-state index is 14.8. The summed E-state index contributed by atoms with van der Waals surface area (Å²) >= 11 is 0. The molecule has 1 fully saturated rings. The Balaban J connectivity index is 1.32. The zero-order valence-corrected chi connectivity index (χ0v) is 31.0. The lowest BCUT2D eigenvalue weighted by Gasteiger charge is -2.30. The Bertz CT molecular complexity index is 1910. The summed E-state index contributed by atoms with van der Waals surface area (Å²) in [5.41, 5.74) is 6.73. The number of cyclic esters (lactones) is 1. The first-order valence-electron chi connectivity index (χ1n) is 18.2. The van der Waals surface area contributed by atoms with Gasteiger partial charge >= 0.3 is 5.97 Å². The van der Waals surface area contributed by atoms with Crippen LogP contribution in [0.5, 0.6) is 0 Å². The molecule has 0 aliphatic carbocycles. The van der Waals surface area contributed by atoms with E-state index in [1.165, 1.54) is 27.9 Å². The third kappa shape index (κ3) is 11.6. The molecule has 0 saturated carbocycles. The molecule has 0 spiro atoms. The molecule has 2 aliphatic rings. The van der Waals surface area contributed by atoms with E-state index in [0.717, 1.165) is 6.26 Å². The van der Waals surface area contributed by atoms with Crippen LogP contribution < -0.4 is 16.4 Å². The van der Waals surface area contributed by atoms with Crippen molar-refractivity contribution in [1.82, 2.24) is 45.5 Å². The van der Waals surface area contributed by atoms with E-state index in [0.29, 0.717) is 29.9 Å². The van der Waals surface area contributed by atoms with Crippen LogP contribution in [0.4, 0.5) is 10.2 Å². The maximum atomic E-state index is 14.8. The van der Waals surface area contributed by atoms with Gasteiger partial charge in [-0.3, -0.25) is 19.1 Å². The third-order valence-corrected chi connectivity index (χ3v) is 9.04. The van der Waals surface area contributed by atoms with Gasteiger partial charge in [-0.1, -0.05) is 48.9 Å². The number of hydrogen-bond donors (Lipinski definition) is 4. The third-order valence-electron chi connectivity index (χ3n) is 9.04. The number of hydrogen-bond acceptors (Lipinski definition) is 13. The zero-order valence-electron chi connectivity index (χ0n) is 31.0. The molecule has 17 nitrogen and oxygen atoms in total. The largest absolute Gasteiger partial charge is 0.460 e. The second-order valence-electron chi connectivity index (χ2n) is 13.8. The molecule has 2 aliphatic heterocycles. The normalized spacial score (nSPS) is 23.8. The van der Waals surface area contributed by atoms with E-state index in [4.69, 9.17) is 14.9 Å². The number of esters is 1. The number of ether oxygens (including phenoxy) is 1. The first kappa shape index (κ1) is 40.4. The van der Waals surface area contributed by atoms with Gasteiger partial charge < -0.3 is 35.5 Å². The molecule has 2 bridgehead atoms. The summed E-state index contributed by atoms with van der Waals surface area (Å²) in [4.78, 5) is 67.3. The van der Waals surface area contributed by atoms with E-state index in [2.05, 4.69) is 35.9 Å². The van der Waals surface area contributed by atoms with Gasteiger partial charge in [0.15, 0.2) is 17.4 Å². The summed E-state index contributed by atoms with van der Waals surface area (Å²) in [7, 11) is 0. The maximum Gasteiger partial charge on any atom is 0.329 e. The Kier molecular flexibility index (Phi) is 14.0. The molecule has 3 aromatic heterocycles. The van der Waals surface area contributed by atoms with Gasteiger partial charge in [0, 0.05) is 44.6 Å². The molecular weight excluding hydrogens is 715 g/mol. The van der Waals surface area contributed by atoms with E-state index in [1.807, 2.05) is 13.8 Å². The molecule has 1 saturated heterocycles. The van der Waals surface area contributed by atoms with Crippen LogP contribution >= 0.6 is 0 Å². The molecule has 294 valence electrons. The minimum absolute atomic E-state index is 0.0117. The monoisotopic (exact) mass is 762 g/mol.